The molecule has 0 atom stereocenters. The molecule has 1 aliphatic carbocycles. The van der Waals surface area contributed by atoms with Crippen LogP contribution in [0, 0.1) is 0 Å². The largest absolute Gasteiger partial charge is 0.300 e. The lowest BCUT2D eigenvalue weighted by molar-refractivity contribution is 0.0898. The van der Waals surface area contributed by atoms with E-state index in [-0.39, 0.29) is 5.78 Å². The number of likely N-dealkylation sites (tertiary alicyclic amines) is 2. The van der Waals surface area contributed by atoms with E-state index in [1.807, 2.05) is 36.4 Å². The highest BCUT2D eigenvalue weighted by Gasteiger charge is 2.30. The monoisotopic (exact) mass is 412 g/mol. The van der Waals surface area contributed by atoms with Crippen molar-refractivity contribution >= 4 is 16.8 Å². The van der Waals surface area contributed by atoms with Crippen LogP contribution in [0.3, 0.4) is 0 Å². The lowest BCUT2D eigenvalue weighted by Crippen LogP contribution is -2.46. The van der Waals surface area contributed by atoms with Crippen LogP contribution in [0.1, 0.15) is 53.7 Å². The Morgan fingerprint density at radius 1 is 0.806 bits per heavy atom. The van der Waals surface area contributed by atoms with Crippen molar-refractivity contribution in [3.05, 3.63) is 59.3 Å². The van der Waals surface area contributed by atoms with Gasteiger partial charge in [0.15, 0.2) is 0 Å². The van der Waals surface area contributed by atoms with Crippen LogP contribution in [-0.4, -0.2) is 57.8 Å². The molecule has 3 aliphatic rings. The van der Waals surface area contributed by atoms with Crippen LogP contribution in [0.5, 0.6) is 0 Å². The summed E-state index contributed by atoms with van der Waals surface area (Å²) in [6.07, 6.45) is 6.65. The van der Waals surface area contributed by atoms with Gasteiger partial charge in [0.2, 0.25) is 5.78 Å². The van der Waals surface area contributed by atoms with Crippen molar-refractivity contribution < 1.29 is 4.79 Å². The van der Waals surface area contributed by atoms with Gasteiger partial charge in [-0.15, -0.1) is 0 Å². The Bertz CT molecular complexity index is 1140. The van der Waals surface area contributed by atoms with Crippen molar-refractivity contribution in [1.82, 2.24) is 19.8 Å². The van der Waals surface area contributed by atoms with Crippen molar-refractivity contribution in [2.45, 2.75) is 44.7 Å². The first-order valence-electron chi connectivity index (χ1n) is 11.7. The molecule has 1 aromatic heterocycles. The molecule has 0 spiro atoms. The summed E-state index contributed by atoms with van der Waals surface area (Å²) in [5, 5.41) is 0. The number of hydrogen-bond donors (Lipinski definition) is 0. The van der Waals surface area contributed by atoms with Gasteiger partial charge in [-0.05, 0) is 63.5 Å². The minimum atomic E-state index is -0.00909. The molecule has 2 saturated heterocycles. The van der Waals surface area contributed by atoms with Gasteiger partial charge in [-0.1, -0.05) is 42.8 Å². The molecule has 0 saturated carbocycles. The number of piperidine rings is 2. The van der Waals surface area contributed by atoms with Crippen molar-refractivity contribution in [3.8, 4) is 11.3 Å². The molecule has 2 fully saturated rings. The Labute approximate surface area is 183 Å². The van der Waals surface area contributed by atoms with E-state index in [2.05, 4.69) is 15.9 Å². The SMILES string of the molecule is O=C1c2ccccc2-c2nc3c(CN4CCC(N5CCCCC5)CC4)cccc3nc21. The van der Waals surface area contributed by atoms with E-state index in [1.54, 1.807) is 0 Å². The average Bonchev–Trinajstić information content (AvgIpc) is 3.11. The zero-order valence-electron chi connectivity index (χ0n) is 17.9. The van der Waals surface area contributed by atoms with Crippen molar-refractivity contribution in [3.63, 3.8) is 0 Å². The predicted octanol–water partition coefficient (Wildman–Crippen LogP) is 4.29. The Kier molecular flexibility index (Phi) is 4.81. The van der Waals surface area contributed by atoms with Crippen molar-refractivity contribution in [1.29, 1.82) is 0 Å². The summed E-state index contributed by atoms with van der Waals surface area (Å²) in [6, 6.07) is 14.7. The molecule has 31 heavy (non-hydrogen) atoms. The highest BCUT2D eigenvalue weighted by atomic mass is 16.1. The molecule has 0 N–H and O–H groups in total. The van der Waals surface area contributed by atoms with Gasteiger partial charge >= 0.3 is 0 Å². The normalized spacial score (nSPS) is 20.2. The number of para-hydroxylation sites is 1. The zero-order chi connectivity index (χ0) is 20.8. The van der Waals surface area contributed by atoms with Crippen LogP contribution >= 0.6 is 0 Å². The molecular formula is C26H28N4O. The molecule has 6 rings (SSSR count). The van der Waals surface area contributed by atoms with Crippen LogP contribution in [0.2, 0.25) is 0 Å². The van der Waals surface area contributed by atoms with Crippen LogP contribution in [0.15, 0.2) is 42.5 Å². The molecule has 2 aromatic carbocycles. The standard InChI is InChI=1S/C26H28N4O/c31-26-21-9-3-2-8-20(21)24-25(26)27-22-10-6-7-18(23(22)28-24)17-29-15-11-19(12-16-29)30-13-4-1-5-14-30/h2-3,6-10,19H,1,4-5,11-17H2. The van der Waals surface area contributed by atoms with E-state index in [4.69, 9.17) is 9.97 Å². The van der Waals surface area contributed by atoms with E-state index in [0.717, 1.165) is 48.0 Å². The van der Waals surface area contributed by atoms with Crippen molar-refractivity contribution in [2.75, 3.05) is 26.2 Å². The third kappa shape index (κ3) is 3.36. The van der Waals surface area contributed by atoms with E-state index >= 15 is 0 Å². The molecule has 158 valence electrons. The quantitative estimate of drug-likeness (QED) is 0.502. The van der Waals surface area contributed by atoms with E-state index in [0.29, 0.717) is 11.3 Å². The minimum absolute atomic E-state index is 0.00909. The van der Waals surface area contributed by atoms with Gasteiger partial charge in [0.1, 0.15) is 11.4 Å². The number of aromatic nitrogens is 2. The first-order chi connectivity index (χ1) is 15.3. The maximum absolute atomic E-state index is 12.8. The van der Waals surface area contributed by atoms with Crippen molar-refractivity contribution in [2.24, 2.45) is 0 Å². The second-order valence-electron chi connectivity index (χ2n) is 9.18. The highest BCUT2D eigenvalue weighted by molar-refractivity contribution is 6.20. The fraction of sp³-hybridized carbons (Fsp3) is 0.423. The number of carbonyl (C=O) groups excluding carboxylic acids is 1. The lowest BCUT2D eigenvalue weighted by Gasteiger charge is -2.40. The van der Waals surface area contributed by atoms with Crippen LogP contribution in [0.25, 0.3) is 22.3 Å². The predicted molar refractivity (Wildman–Crippen MR) is 122 cm³/mol. The number of hydrogen-bond acceptors (Lipinski definition) is 5. The maximum atomic E-state index is 12.8. The molecule has 0 unspecified atom stereocenters. The van der Waals surface area contributed by atoms with Gasteiger partial charge in [-0.25, -0.2) is 9.97 Å². The highest BCUT2D eigenvalue weighted by Crippen LogP contribution is 2.35. The third-order valence-corrected chi connectivity index (χ3v) is 7.28. The van der Waals surface area contributed by atoms with Gasteiger partial charge in [0.25, 0.3) is 0 Å². The van der Waals surface area contributed by atoms with Crippen LogP contribution in [-0.2, 0) is 6.54 Å². The van der Waals surface area contributed by atoms with E-state index in [1.165, 1.54) is 50.8 Å². The first-order valence-corrected chi connectivity index (χ1v) is 11.7. The third-order valence-electron chi connectivity index (χ3n) is 7.28. The topological polar surface area (TPSA) is 49.3 Å². The molecule has 2 aliphatic heterocycles. The summed E-state index contributed by atoms with van der Waals surface area (Å²) >= 11 is 0. The van der Waals surface area contributed by atoms with Crippen LogP contribution < -0.4 is 0 Å². The number of rotatable bonds is 3. The van der Waals surface area contributed by atoms with Gasteiger partial charge in [-0.3, -0.25) is 9.69 Å². The summed E-state index contributed by atoms with van der Waals surface area (Å²) in [5.41, 5.74) is 5.83. The number of ketones is 1. The van der Waals surface area contributed by atoms with E-state index < -0.39 is 0 Å². The first kappa shape index (κ1) is 19.1. The summed E-state index contributed by atoms with van der Waals surface area (Å²) in [5.74, 6) is -0.00909. The average molecular weight is 413 g/mol. The zero-order valence-corrected chi connectivity index (χ0v) is 17.9. The maximum Gasteiger partial charge on any atom is 0.214 e. The minimum Gasteiger partial charge on any atom is -0.300 e. The summed E-state index contributed by atoms with van der Waals surface area (Å²) in [7, 11) is 0. The molecule has 0 amide bonds. The fourth-order valence-electron chi connectivity index (χ4n) is 5.59. The smallest absolute Gasteiger partial charge is 0.214 e. The Morgan fingerprint density at radius 3 is 2.39 bits per heavy atom. The Morgan fingerprint density at radius 2 is 1.58 bits per heavy atom. The van der Waals surface area contributed by atoms with Gasteiger partial charge in [0.05, 0.1) is 11.0 Å². The summed E-state index contributed by atoms with van der Waals surface area (Å²) < 4.78 is 0. The van der Waals surface area contributed by atoms with Crippen LogP contribution in [0.4, 0.5) is 0 Å². The molecule has 0 radical (unpaired) electrons. The van der Waals surface area contributed by atoms with E-state index in [9.17, 15) is 4.79 Å². The molecule has 3 heterocycles. The van der Waals surface area contributed by atoms with Gasteiger partial charge in [-0.2, -0.15) is 0 Å². The number of benzene rings is 2. The number of fused-ring (bicyclic) bond motifs is 4. The number of carbonyl (C=O) groups is 1. The summed E-state index contributed by atoms with van der Waals surface area (Å²) in [6.45, 7) is 5.74. The number of nitrogens with zero attached hydrogens (tertiary/aromatic N) is 4. The van der Waals surface area contributed by atoms with Gasteiger partial charge < -0.3 is 4.90 Å². The molecule has 3 aromatic rings. The van der Waals surface area contributed by atoms with Gasteiger partial charge in [0, 0.05) is 23.7 Å². The Balaban J connectivity index is 1.25. The fourth-order valence-corrected chi connectivity index (χ4v) is 5.59. The molecule has 0 bridgehead atoms. The summed E-state index contributed by atoms with van der Waals surface area (Å²) in [4.78, 5) is 27.8. The molecular weight excluding hydrogens is 384 g/mol. The second-order valence-corrected chi connectivity index (χ2v) is 9.18. The molecule has 5 heteroatoms. The second kappa shape index (κ2) is 7.81. The lowest BCUT2D eigenvalue weighted by atomic mass is 9.99. The molecule has 5 nitrogen and oxygen atoms in total. The Hall–Kier alpha value is -2.63.